The molecule has 1 heterocycles. The number of hydrogen-bond donors (Lipinski definition) is 0. The van der Waals surface area contributed by atoms with Crippen LogP contribution in [0.2, 0.25) is 0 Å². The zero-order valence-electron chi connectivity index (χ0n) is 11.1. The van der Waals surface area contributed by atoms with Gasteiger partial charge in [-0.1, -0.05) is 15.9 Å². The highest BCUT2D eigenvalue weighted by atomic mass is 79.9. The third-order valence-electron chi connectivity index (χ3n) is 3.57. The second kappa shape index (κ2) is 5.41. The number of carbonyl (C=O) groups is 1. The average molecular weight is 311 g/mol. The highest BCUT2D eigenvalue weighted by Crippen LogP contribution is 2.28. The van der Waals surface area contributed by atoms with Gasteiger partial charge in [0, 0.05) is 34.9 Å². The van der Waals surface area contributed by atoms with Crippen LogP contribution in [0.5, 0.6) is 0 Å². The average Bonchev–Trinajstić information content (AvgIpc) is 2.78. The van der Waals surface area contributed by atoms with Crippen LogP contribution in [-0.4, -0.2) is 43.9 Å². The molecule has 0 aromatic heterocycles. The Hall–Kier alpha value is -0.870. The number of anilines is 1. The molecule has 0 radical (unpaired) electrons. The van der Waals surface area contributed by atoms with Gasteiger partial charge in [-0.3, -0.25) is 4.79 Å². The quantitative estimate of drug-likeness (QED) is 0.802. The highest BCUT2D eigenvalue weighted by Gasteiger charge is 2.26. The topological polar surface area (TPSA) is 23.6 Å². The standard InChI is InChI=1S/C14H19BrN2O/c1-10(18)13-8-11(15)4-5-14(13)17-7-6-12(9-17)16(2)3/h4-5,8,12H,6-7,9H2,1-3H3. The Morgan fingerprint density at radius 2 is 2.17 bits per heavy atom. The Morgan fingerprint density at radius 3 is 2.72 bits per heavy atom. The van der Waals surface area contributed by atoms with Crippen molar-refractivity contribution < 1.29 is 4.79 Å². The molecular weight excluding hydrogens is 292 g/mol. The second-order valence-corrected chi connectivity index (χ2v) is 5.99. The van der Waals surface area contributed by atoms with E-state index in [0.29, 0.717) is 6.04 Å². The van der Waals surface area contributed by atoms with Crippen molar-refractivity contribution in [2.45, 2.75) is 19.4 Å². The van der Waals surface area contributed by atoms with Crippen LogP contribution >= 0.6 is 15.9 Å². The monoisotopic (exact) mass is 310 g/mol. The number of Topliss-reactive ketones (excluding diaryl/α,β-unsaturated/α-hetero) is 1. The van der Waals surface area contributed by atoms with E-state index in [1.54, 1.807) is 6.92 Å². The third-order valence-corrected chi connectivity index (χ3v) is 4.07. The number of ketones is 1. The number of likely N-dealkylation sites (N-methyl/N-ethyl adjacent to an activating group) is 1. The molecule has 0 aliphatic carbocycles. The maximum Gasteiger partial charge on any atom is 0.161 e. The maximum atomic E-state index is 11.7. The highest BCUT2D eigenvalue weighted by molar-refractivity contribution is 9.10. The first kappa shape index (κ1) is 13.6. The normalized spacial score (nSPS) is 19.6. The van der Waals surface area contributed by atoms with Crippen LogP contribution in [0.15, 0.2) is 22.7 Å². The van der Waals surface area contributed by atoms with E-state index in [0.717, 1.165) is 35.2 Å². The number of halogens is 1. The predicted molar refractivity (Wildman–Crippen MR) is 78.5 cm³/mol. The van der Waals surface area contributed by atoms with Crippen LogP contribution in [-0.2, 0) is 0 Å². The van der Waals surface area contributed by atoms with Gasteiger partial charge in [-0.05, 0) is 45.6 Å². The molecule has 1 fully saturated rings. The molecule has 1 saturated heterocycles. The van der Waals surface area contributed by atoms with Gasteiger partial charge in [0.25, 0.3) is 0 Å². The van der Waals surface area contributed by atoms with Crippen molar-refractivity contribution in [2.75, 3.05) is 32.1 Å². The molecule has 4 heteroatoms. The smallest absolute Gasteiger partial charge is 0.161 e. The SMILES string of the molecule is CC(=O)c1cc(Br)ccc1N1CCC(N(C)C)C1. The molecule has 0 amide bonds. The van der Waals surface area contributed by atoms with Crippen molar-refractivity contribution in [2.24, 2.45) is 0 Å². The fraction of sp³-hybridized carbons (Fsp3) is 0.500. The number of hydrogen-bond acceptors (Lipinski definition) is 3. The van der Waals surface area contributed by atoms with E-state index in [1.165, 1.54) is 0 Å². The molecule has 1 aliphatic rings. The molecule has 0 N–H and O–H groups in total. The zero-order chi connectivity index (χ0) is 13.3. The Bertz CT molecular complexity index is 459. The summed E-state index contributed by atoms with van der Waals surface area (Å²) in [5.74, 6) is 0.125. The van der Waals surface area contributed by atoms with Crippen LogP contribution in [0.1, 0.15) is 23.7 Å². The van der Waals surface area contributed by atoms with Crippen molar-refractivity contribution in [3.8, 4) is 0 Å². The summed E-state index contributed by atoms with van der Waals surface area (Å²) in [6.45, 7) is 3.64. The lowest BCUT2D eigenvalue weighted by atomic mass is 10.1. The van der Waals surface area contributed by atoms with E-state index in [2.05, 4.69) is 39.8 Å². The fourth-order valence-corrected chi connectivity index (χ4v) is 2.81. The van der Waals surface area contributed by atoms with E-state index < -0.39 is 0 Å². The van der Waals surface area contributed by atoms with Crippen LogP contribution in [0.4, 0.5) is 5.69 Å². The minimum Gasteiger partial charge on any atom is -0.369 e. The van der Waals surface area contributed by atoms with Gasteiger partial charge in [-0.2, -0.15) is 0 Å². The van der Waals surface area contributed by atoms with Gasteiger partial charge in [0.2, 0.25) is 0 Å². The Kier molecular flexibility index (Phi) is 4.07. The van der Waals surface area contributed by atoms with Gasteiger partial charge in [-0.25, -0.2) is 0 Å². The van der Waals surface area contributed by atoms with Crippen LogP contribution in [0, 0.1) is 0 Å². The summed E-state index contributed by atoms with van der Waals surface area (Å²) in [6.07, 6.45) is 1.15. The number of nitrogens with zero attached hydrogens (tertiary/aromatic N) is 2. The maximum absolute atomic E-state index is 11.7. The van der Waals surface area contributed by atoms with Crippen molar-refractivity contribution in [1.82, 2.24) is 4.90 Å². The summed E-state index contributed by atoms with van der Waals surface area (Å²) >= 11 is 3.43. The molecule has 98 valence electrons. The molecule has 1 aromatic carbocycles. The molecule has 2 rings (SSSR count). The summed E-state index contributed by atoms with van der Waals surface area (Å²) in [6, 6.07) is 6.54. The first-order chi connectivity index (χ1) is 8.49. The first-order valence-electron chi connectivity index (χ1n) is 6.21. The minimum atomic E-state index is 0.125. The molecule has 1 aromatic rings. The molecule has 3 nitrogen and oxygen atoms in total. The van der Waals surface area contributed by atoms with Crippen LogP contribution < -0.4 is 4.90 Å². The van der Waals surface area contributed by atoms with Crippen molar-refractivity contribution in [3.63, 3.8) is 0 Å². The molecule has 0 bridgehead atoms. The molecule has 1 unspecified atom stereocenters. The summed E-state index contributed by atoms with van der Waals surface area (Å²) in [5, 5.41) is 0. The van der Waals surface area contributed by atoms with E-state index in [-0.39, 0.29) is 5.78 Å². The third kappa shape index (κ3) is 2.75. The number of benzene rings is 1. The van der Waals surface area contributed by atoms with E-state index in [1.807, 2.05) is 18.2 Å². The van der Waals surface area contributed by atoms with Gasteiger partial charge < -0.3 is 9.80 Å². The Morgan fingerprint density at radius 1 is 1.44 bits per heavy atom. The van der Waals surface area contributed by atoms with Crippen molar-refractivity contribution in [1.29, 1.82) is 0 Å². The molecule has 0 spiro atoms. The Balaban J connectivity index is 2.27. The van der Waals surface area contributed by atoms with Crippen molar-refractivity contribution in [3.05, 3.63) is 28.2 Å². The van der Waals surface area contributed by atoms with Gasteiger partial charge in [0.05, 0.1) is 0 Å². The summed E-state index contributed by atoms with van der Waals surface area (Å²) in [4.78, 5) is 16.3. The lowest BCUT2D eigenvalue weighted by molar-refractivity contribution is 0.101. The second-order valence-electron chi connectivity index (χ2n) is 5.07. The van der Waals surface area contributed by atoms with Crippen LogP contribution in [0.3, 0.4) is 0 Å². The lowest BCUT2D eigenvalue weighted by Gasteiger charge is -2.23. The van der Waals surface area contributed by atoms with E-state index in [4.69, 9.17) is 0 Å². The van der Waals surface area contributed by atoms with Gasteiger partial charge in [0.15, 0.2) is 5.78 Å². The van der Waals surface area contributed by atoms with Gasteiger partial charge in [-0.15, -0.1) is 0 Å². The zero-order valence-corrected chi connectivity index (χ0v) is 12.7. The van der Waals surface area contributed by atoms with Crippen LogP contribution in [0.25, 0.3) is 0 Å². The van der Waals surface area contributed by atoms with Crippen molar-refractivity contribution >= 4 is 27.4 Å². The minimum absolute atomic E-state index is 0.125. The molecular formula is C14H19BrN2O. The molecule has 0 saturated carbocycles. The van der Waals surface area contributed by atoms with E-state index in [9.17, 15) is 4.79 Å². The van der Waals surface area contributed by atoms with E-state index >= 15 is 0 Å². The molecule has 18 heavy (non-hydrogen) atoms. The summed E-state index contributed by atoms with van der Waals surface area (Å²) in [7, 11) is 4.23. The molecule has 1 atom stereocenters. The van der Waals surface area contributed by atoms with Gasteiger partial charge in [0.1, 0.15) is 0 Å². The molecule has 1 aliphatic heterocycles. The predicted octanol–water partition coefficient (Wildman–Crippen LogP) is 2.79. The summed E-state index contributed by atoms with van der Waals surface area (Å²) in [5.41, 5.74) is 1.87. The summed E-state index contributed by atoms with van der Waals surface area (Å²) < 4.78 is 0.958. The fourth-order valence-electron chi connectivity index (χ4n) is 2.45. The number of carbonyl (C=O) groups excluding carboxylic acids is 1. The van der Waals surface area contributed by atoms with Gasteiger partial charge >= 0.3 is 0 Å². The number of rotatable bonds is 3. The first-order valence-corrected chi connectivity index (χ1v) is 7.00. The lowest BCUT2D eigenvalue weighted by Crippen LogP contribution is -2.31. The Labute approximate surface area is 117 Å². The largest absolute Gasteiger partial charge is 0.369 e.